The van der Waals surface area contributed by atoms with Crippen molar-refractivity contribution in [2.24, 2.45) is 5.92 Å². The van der Waals surface area contributed by atoms with Crippen molar-refractivity contribution < 1.29 is 4.79 Å². The average molecular weight is 209 g/mol. The number of piperidine rings is 1. The molecular formula is C9H15N5O. The Kier molecular flexibility index (Phi) is 2.66. The van der Waals surface area contributed by atoms with Crippen molar-refractivity contribution in [3.8, 4) is 0 Å². The number of nitrogens with zero attached hydrogens (tertiary/aromatic N) is 4. The van der Waals surface area contributed by atoms with Gasteiger partial charge in [0.15, 0.2) is 0 Å². The Morgan fingerprint density at radius 2 is 2.27 bits per heavy atom. The van der Waals surface area contributed by atoms with E-state index in [-0.39, 0.29) is 17.8 Å². The van der Waals surface area contributed by atoms with Gasteiger partial charge in [0.2, 0.25) is 0 Å². The molecule has 1 amide bonds. The predicted octanol–water partition coefficient (Wildman–Crippen LogP) is 0.460. The molecule has 1 fully saturated rings. The standard InChI is InChI=1S/C9H15N5O/c1-6-3-4-7(2)14(5-6)9(15)8-10-12-13-11-8/h6-7H,3-5H2,1-2H3,(H,10,11,12,13). The molecule has 2 atom stereocenters. The van der Waals surface area contributed by atoms with E-state index < -0.39 is 0 Å². The van der Waals surface area contributed by atoms with Crippen molar-refractivity contribution in [1.82, 2.24) is 25.5 Å². The summed E-state index contributed by atoms with van der Waals surface area (Å²) in [6.45, 7) is 5.00. The van der Waals surface area contributed by atoms with Crippen molar-refractivity contribution >= 4 is 5.91 Å². The first-order valence-electron chi connectivity index (χ1n) is 5.23. The molecule has 1 N–H and O–H groups in total. The van der Waals surface area contributed by atoms with Crippen LogP contribution >= 0.6 is 0 Å². The van der Waals surface area contributed by atoms with Crippen molar-refractivity contribution in [2.45, 2.75) is 32.7 Å². The normalized spacial score (nSPS) is 26.7. The van der Waals surface area contributed by atoms with Crippen molar-refractivity contribution in [1.29, 1.82) is 0 Å². The molecule has 2 rings (SSSR count). The minimum Gasteiger partial charge on any atom is -0.333 e. The summed E-state index contributed by atoms with van der Waals surface area (Å²) < 4.78 is 0. The zero-order chi connectivity index (χ0) is 10.8. The Morgan fingerprint density at radius 1 is 1.47 bits per heavy atom. The first-order valence-corrected chi connectivity index (χ1v) is 5.23. The summed E-state index contributed by atoms with van der Waals surface area (Å²) in [5.41, 5.74) is 0. The number of H-pyrrole nitrogens is 1. The van der Waals surface area contributed by atoms with Crippen LogP contribution in [0.25, 0.3) is 0 Å². The largest absolute Gasteiger partial charge is 0.333 e. The van der Waals surface area contributed by atoms with Crippen LogP contribution in [0.15, 0.2) is 0 Å². The lowest BCUT2D eigenvalue weighted by atomic mass is 9.95. The van der Waals surface area contributed by atoms with Gasteiger partial charge in [0, 0.05) is 12.6 Å². The first-order chi connectivity index (χ1) is 7.18. The fourth-order valence-electron chi connectivity index (χ4n) is 1.95. The Morgan fingerprint density at radius 3 is 2.93 bits per heavy atom. The van der Waals surface area contributed by atoms with E-state index in [9.17, 15) is 4.79 Å². The highest BCUT2D eigenvalue weighted by atomic mass is 16.2. The number of carbonyl (C=O) groups is 1. The summed E-state index contributed by atoms with van der Waals surface area (Å²) in [7, 11) is 0. The third-order valence-corrected chi connectivity index (χ3v) is 2.92. The van der Waals surface area contributed by atoms with E-state index in [4.69, 9.17) is 0 Å². The molecule has 1 aliphatic rings. The fourth-order valence-corrected chi connectivity index (χ4v) is 1.95. The molecule has 0 spiro atoms. The van der Waals surface area contributed by atoms with Crippen LogP contribution in [0.3, 0.4) is 0 Å². The van der Waals surface area contributed by atoms with Gasteiger partial charge < -0.3 is 4.90 Å². The molecular weight excluding hydrogens is 194 g/mol. The Balaban J connectivity index is 2.12. The third-order valence-electron chi connectivity index (χ3n) is 2.92. The van der Waals surface area contributed by atoms with Crippen LogP contribution in [-0.2, 0) is 0 Å². The summed E-state index contributed by atoms with van der Waals surface area (Å²) in [4.78, 5) is 13.8. The van der Waals surface area contributed by atoms with Gasteiger partial charge in [0.1, 0.15) is 0 Å². The molecule has 2 unspecified atom stereocenters. The topological polar surface area (TPSA) is 74.8 Å². The maximum absolute atomic E-state index is 12.0. The van der Waals surface area contributed by atoms with Crippen LogP contribution < -0.4 is 0 Å². The number of nitrogens with one attached hydrogen (secondary N) is 1. The van der Waals surface area contributed by atoms with Crippen molar-refractivity contribution in [2.75, 3.05) is 6.54 Å². The van der Waals surface area contributed by atoms with Crippen LogP contribution in [0.2, 0.25) is 0 Å². The molecule has 0 aromatic carbocycles. The quantitative estimate of drug-likeness (QED) is 0.729. The van der Waals surface area contributed by atoms with Crippen LogP contribution in [-0.4, -0.2) is 44.0 Å². The van der Waals surface area contributed by atoms with Crippen LogP contribution in [0.5, 0.6) is 0 Å². The van der Waals surface area contributed by atoms with E-state index in [1.165, 1.54) is 6.42 Å². The Hall–Kier alpha value is -1.46. The minimum atomic E-state index is -0.122. The second kappa shape index (κ2) is 3.96. The number of hydrogen-bond acceptors (Lipinski definition) is 4. The van der Waals surface area contributed by atoms with Crippen LogP contribution in [0, 0.1) is 5.92 Å². The molecule has 15 heavy (non-hydrogen) atoms. The van der Waals surface area contributed by atoms with Gasteiger partial charge in [-0.2, -0.15) is 5.21 Å². The molecule has 6 heteroatoms. The number of aromatic nitrogens is 4. The van der Waals surface area contributed by atoms with E-state index >= 15 is 0 Å². The van der Waals surface area contributed by atoms with Crippen molar-refractivity contribution in [3.05, 3.63) is 5.82 Å². The molecule has 1 saturated heterocycles. The number of rotatable bonds is 1. The zero-order valence-corrected chi connectivity index (χ0v) is 8.97. The van der Waals surface area contributed by atoms with Gasteiger partial charge in [-0.3, -0.25) is 4.79 Å². The Labute approximate surface area is 88.0 Å². The summed E-state index contributed by atoms with van der Waals surface area (Å²) in [5.74, 6) is 0.593. The maximum Gasteiger partial charge on any atom is 0.295 e. The number of amides is 1. The van der Waals surface area contributed by atoms with Gasteiger partial charge in [0.05, 0.1) is 0 Å². The molecule has 0 radical (unpaired) electrons. The molecule has 0 aliphatic carbocycles. The van der Waals surface area contributed by atoms with Crippen molar-refractivity contribution in [3.63, 3.8) is 0 Å². The highest BCUT2D eigenvalue weighted by molar-refractivity contribution is 5.90. The number of carbonyl (C=O) groups excluding carboxylic acids is 1. The number of hydrogen-bond donors (Lipinski definition) is 1. The number of tetrazole rings is 1. The summed E-state index contributed by atoms with van der Waals surface area (Å²) >= 11 is 0. The second-order valence-electron chi connectivity index (χ2n) is 4.22. The summed E-state index contributed by atoms with van der Waals surface area (Å²) in [5, 5.41) is 13.1. The summed E-state index contributed by atoms with van der Waals surface area (Å²) in [6.07, 6.45) is 2.22. The number of aromatic amines is 1. The molecule has 82 valence electrons. The maximum atomic E-state index is 12.0. The monoisotopic (exact) mass is 209 g/mol. The van der Waals surface area contributed by atoms with Gasteiger partial charge in [-0.05, 0) is 30.9 Å². The van der Waals surface area contributed by atoms with Gasteiger partial charge >= 0.3 is 0 Å². The third kappa shape index (κ3) is 1.98. The molecule has 1 aromatic heterocycles. The second-order valence-corrected chi connectivity index (χ2v) is 4.22. The molecule has 0 saturated carbocycles. The highest BCUT2D eigenvalue weighted by Crippen LogP contribution is 2.22. The van der Waals surface area contributed by atoms with E-state index in [0.717, 1.165) is 13.0 Å². The summed E-state index contributed by atoms with van der Waals surface area (Å²) in [6, 6.07) is 0.271. The average Bonchev–Trinajstić information content (AvgIpc) is 2.74. The number of likely N-dealkylation sites (tertiary alicyclic amines) is 1. The van der Waals surface area contributed by atoms with Gasteiger partial charge in [-0.1, -0.05) is 6.92 Å². The van der Waals surface area contributed by atoms with Gasteiger partial charge in [0.25, 0.3) is 11.7 Å². The van der Waals surface area contributed by atoms with E-state index in [0.29, 0.717) is 5.92 Å². The minimum absolute atomic E-state index is 0.122. The fraction of sp³-hybridized carbons (Fsp3) is 0.778. The smallest absolute Gasteiger partial charge is 0.295 e. The highest BCUT2D eigenvalue weighted by Gasteiger charge is 2.29. The lowest BCUT2D eigenvalue weighted by Crippen LogP contribution is -2.45. The van der Waals surface area contributed by atoms with E-state index in [1.807, 2.05) is 4.90 Å². The van der Waals surface area contributed by atoms with Gasteiger partial charge in [-0.15, -0.1) is 10.2 Å². The van der Waals surface area contributed by atoms with Gasteiger partial charge in [-0.25, -0.2) is 0 Å². The van der Waals surface area contributed by atoms with E-state index in [1.54, 1.807) is 0 Å². The SMILES string of the molecule is CC1CCC(C)N(C(=O)c2nn[nH]n2)C1. The molecule has 1 aromatic rings. The zero-order valence-electron chi connectivity index (χ0n) is 8.97. The lowest BCUT2D eigenvalue weighted by molar-refractivity contribution is 0.0561. The molecule has 6 nitrogen and oxygen atoms in total. The van der Waals surface area contributed by atoms with Crippen LogP contribution in [0.4, 0.5) is 0 Å². The van der Waals surface area contributed by atoms with E-state index in [2.05, 4.69) is 34.5 Å². The van der Waals surface area contributed by atoms with Crippen LogP contribution in [0.1, 0.15) is 37.3 Å². The Bertz CT molecular complexity index is 336. The molecule has 2 heterocycles. The predicted molar refractivity (Wildman–Crippen MR) is 53.1 cm³/mol. The lowest BCUT2D eigenvalue weighted by Gasteiger charge is -2.35. The molecule has 1 aliphatic heterocycles. The first kappa shape index (κ1) is 10.1. The molecule has 0 bridgehead atoms.